The van der Waals surface area contributed by atoms with Crippen molar-refractivity contribution in [3.8, 4) is 5.75 Å². The summed E-state index contributed by atoms with van der Waals surface area (Å²) in [4.78, 5) is 0. The van der Waals surface area contributed by atoms with Crippen molar-refractivity contribution >= 4 is 15.9 Å². The fraction of sp³-hybridized carbons (Fsp3) is 0.333. The second-order valence-corrected chi connectivity index (χ2v) is 6.46. The molecule has 0 heterocycles. The highest BCUT2D eigenvalue weighted by molar-refractivity contribution is 9.10. The topological polar surface area (TPSA) is 32.3 Å². The Labute approximate surface area is 135 Å². The summed E-state index contributed by atoms with van der Waals surface area (Å²) in [6.07, 6.45) is 2.09. The second kappa shape index (κ2) is 7.62. The van der Waals surface area contributed by atoms with Crippen molar-refractivity contribution in [1.82, 2.24) is 5.32 Å². The first-order valence-electron chi connectivity index (χ1n) is 7.34. The molecule has 0 spiro atoms. The molecule has 2 atom stereocenters. The van der Waals surface area contributed by atoms with Gasteiger partial charge in [0.1, 0.15) is 5.75 Å². The van der Waals surface area contributed by atoms with Crippen molar-refractivity contribution in [3.63, 3.8) is 0 Å². The average molecular weight is 348 g/mol. The number of aromatic hydroxyl groups is 1. The number of phenols is 1. The number of halogens is 1. The van der Waals surface area contributed by atoms with Crippen molar-refractivity contribution in [2.45, 2.75) is 38.8 Å². The maximum Gasteiger partial charge on any atom is 0.115 e. The zero-order chi connectivity index (χ0) is 15.2. The van der Waals surface area contributed by atoms with Gasteiger partial charge in [-0.3, -0.25) is 0 Å². The zero-order valence-electron chi connectivity index (χ0n) is 12.5. The maximum absolute atomic E-state index is 9.28. The Bertz CT molecular complexity index is 550. The molecule has 0 aliphatic rings. The maximum atomic E-state index is 9.28. The lowest BCUT2D eigenvalue weighted by atomic mass is 10.0. The van der Waals surface area contributed by atoms with E-state index in [2.05, 4.69) is 59.4 Å². The summed E-state index contributed by atoms with van der Waals surface area (Å²) >= 11 is 3.46. The van der Waals surface area contributed by atoms with Crippen LogP contribution in [0.15, 0.2) is 53.0 Å². The van der Waals surface area contributed by atoms with E-state index in [9.17, 15) is 5.11 Å². The van der Waals surface area contributed by atoms with Crippen LogP contribution in [-0.2, 0) is 6.42 Å². The van der Waals surface area contributed by atoms with Crippen LogP contribution in [0.1, 0.15) is 37.4 Å². The molecule has 112 valence electrons. The third kappa shape index (κ3) is 5.18. The monoisotopic (exact) mass is 347 g/mol. The molecule has 0 aliphatic heterocycles. The lowest BCUT2D eigenvalue weighted by molar-refractivity contribution is 0.456. The Morgan fingerprint density at radius 3 is 2.24 bits per heavy atom. The minimum Gasteiger partial charge on any atom is -0.508 e. The van der Waals surface area contributed by atoms with Crippen LogP contribution in [0.3, 0.4) is 0 Å². The second-order valence-electron chi connectivity index (χ2n) is 5.55. The van der Waals surface area contributed by atoms with Gasteiger partial charge in [-0.2, -0.15) is 0 Å². The molecule has 0 aliphatic carbocycles. The van der Waals surface area contributed by atoms with E-state index in [1.807, 2.05) is 12.1 Å². The summed E-state index contributed by atoms with van der Waals surface area (Å²) in [7, 11) is 0. The highest BCUT2D eigenvalue weighted by Crippen LogP contribution is 2.18. The molecule has 2 aromatic rings. The fourth-order valence-electron chi connectivity index (χ4n) is 2.40. The number of rotatable bonds is 6. The predicted molar refractivity (Wildman–Crippen MR) is 91.6 cm³/mol. The molecule has 0 radical (unpaired) electrons. The molecule has 1 unspecified atom stereocenters. The van der Waals surface area contributed by atoms with Crippen LogP contribution in [0.25, 0.3) is 0 Å². The Morgan fingerprint density at radius 2 is 1.62 bits per heavy atom. The smallest absolute Gasteiger partial charge is 0.115 e. The summed E-state index contributed by atoms with van der Waals surface area (Å²) in [5.41, 5.74) is 2.56. The average Bonchev–Trinajstić information content (AvgIpc) is 2.47. The molecule has 2 aromatic carbocycles. The molecule has 2 nitrogen and oxygen atoms in total. The van der Waals surface area contributed by atoms with Gasteiger partial charge in [0.15, 0.2) is 0 Å². The third-order valence-corrected chi connectivity index (χ3v) is 4.24. The normalized spacial score (nSPS) is 13.9. The number of phenolic OH excluding ortho intramolecular Hbond substituents is 1. The van der Waals surface area contributed by atoms with Crippen molar-refractivity contribution < 1.29 is 5.11 Å². The number of hydrogen-bond donors (Lipinski definition) is 2. The van der Waals surface area contributed by atoms with E-state index in [4.69, 9.17) is 0 Å². The van der Waals surface area contributed by atoms with E-state index in [1.54, 1.807) is 12.1 Å². The molecule has 0 fully saturated rings. The highest BCUT2D eigenvalue weighted by Gasteiger charge is 2.09. The highest BCUT2D eigenvalue weighted by atomic mass is 79.9. The summed E-state index contributed by atoms with van der Waals surface area (Å²) in [6, 6.07) is 16.7. The summed E-state index contributed by atoms with van der Waals surface area (Å²) in [5, 5.41) is 12.9. The first-order chi connectivity index (χ1) is 10.0. The quantitative estimate of drug-likeness (QED) is 0.784. The van der Waals surface area contributed by atoms with Crippen LogP contribution in [0.4, 0.5) is 0 Å². The fourth-order valence-corrected chi connectivity index (χ4v) is 2.67. The first kappa shape index (κ1) is 16.1. The van der Waals surface area contributed by atoms with Gasteiger partial charge >= 0.3 is 0 Å². The van der Waals surface area contributed by atoms with E-state index >= 15 is 0 Å². The minimum absolute atomic E-state index is 0.328. The molecule has 2 N–H and O–H groups in total. The number of nitrogens with one attached hydrogen (secondary N) is 1. The molecule has 0 saturated carbocycles. The van der Waals surface area contributed by atoms with Gasteiger partial charge in [0.25, 0.3) is 0 Å². The Hall–Kier alpha value is -1.32. The zero-order valence-corrected chi connectivity index (χ0v) is 14.1. The Balaban J connectivity index is 1.82. The van der Waals surface area contributed by atoms with E-state index in [-0.39, 0.29) is 0 Å². The predicted octanol–water partition coefficient (Wildman–Crippen LogP) is 4.83. The largest absolute Gasteiger partial charge is 0.508 e. The van der Waals surface area contributed by atoms with Crippen LogP contribution in [0, 0.1) is 0 Å². The molecule has 0 amide bonds. The summed E-state index contributed by atoms with van der Waals surface area (Å²) < 4.78 is 1.11. The van der Waals surface area contributed by atoms with E-state index in [0.29, 0.717) is 17.8 Å². The number of aryl methyl sites for hydroxylation is 1. The number of benzene rings is 2. The molecule has 21 heavy (non-hydrogen) atoms. The van der Waals surface area contributed by atoms with Crippen LogP contribution in [0.2, 0.25) is 0 Å². The van der Waals surface area contributed by atoms with Crippen LogP contribution >= 0.6 is 15.9 Å². The first-order valence-corrected chi connectivity index (χ1v) is 8.13. The lowest BCUT2D eigenvalue weighted by Gasteiger charge is -2.20. The molecule has 0 saturated heterocycles. The minimum atomic E-state index is 0.328. The molecule has 2 rings (SSSR count). The van der Waals surface area contributed by atoms with Gasteiger partial charge in [-0.1, -0.05) is 40.2 Å². The van der Waals surface area contributed by atoms with Gasteiger partial charge in [-0.25, -0.2) is 0 Å². The van der Waals surface area contributed by atoms with E-state index in [0.717, 1.165) is 17.3 Å². The van der Waals surface area contributed by atoms with Gasteiger partial charge in [-0.05, 0) is 62.1 Å². The van der Waals surface area contributed by atoms with E-state index < -0.39 is 0 Å². The van der Waals surface area contributed by atoms with E-state index in [1.165, 1.54) is 11.1 Å². The third-order valence-electron chi connectivity index (χ3n) is 3.71. The van der Waals surface area contributed by atoms with Gasteiger partial charge in [0, 0.05) is 16.6 Å². The van der Waals surface area contributed by atoms with Gasteiger partial charge in [0.2, 0.25) is 0 Å². The number of hydrogen-bond acceptors (Lipinski definition) is 2. The SMILES string of the molecule is CC(CCc1ccc(O)cc1)N[C@H](C)c1ccc(Br)cc1. The van der Waals surface area contributed by atoms with Crippen molar-refractivity contribution in [2.75, 3.05) is 0 Å². The lowest BCUT2D eigenvalue weighted by Crippen LogP contribution is -2.29. The molecule has 0 bridgehead atoms. The van der Waals surface area contributed by atoms with Crippen LogP contribution < -0.4 is 5.32 Å². The van der Waals surface area contributed by atoms with Gasteiger partial charge in [-0.15, -0.1) is 0 Å². The molecule has 0 aromatic heterocycles. The molecular weight excluding hydrogens is 326 g/mol. The van der Waals surface area contributed by atoms with Gasteiger partial charge < -0.3 is 10.4 Å². The van der Waals surface area contributed by atoms with Crippen molar-refractivity contribution in [3.05, 3.63) is 64.1 Å². The van der Waals surface area contributed by atoms with Crippen molar-refractivity contribution in [2.24, 2.45) is 0 Å². The summed E-state index contributed by atoms with van der Waals surface area (Å²) in [5.74, 6) is 0.328. The van der Waals surface area contributed by atoms with Gasteiger partial charge in [0.05, 0.1) is 0 Å². The van der Waals surface area contributed by atoms with Crippen LogP contribution in [-0.4, -0.2) is 11.1 Å². The van der Waals surface area contributed by atoms with Crippen molar-refractivity contribution in [1.29, 1.82) is 0 Å². The molecule has 3 heteroatoms. The Kier molecular flexibility index (Phi) is 5.83. The summed E-state index contributed by atoms with van der Waals surface area (Å²) in [6.45, 7) is 4.41. The molecular formula is C18H22BrNO. The van der Waals surface area contributed by atoms with Crippen LogP contribution in [0.5, 0.6) is 5.75 Å². The standard InChI is InChI=1S/C18H22BrNO/c1-13(3-4-15-5-11-18(21)12-6-15)20-14(2)16-7-9-17(19)10-8-16/h5-14,20-21H,3-4H2,1-2H3/t13?,14-/m1/s1. The Morgan fingerprint density at radius 1 is 1.00 bits per heavy atom.